The Bertz CT molecular complexity index is 261. The first-order chi connectivity index (χ1) is 5.11. The molecule has 0 heterocycles. The van der Waals surface area contributed by atoms with Gasteiger partial charge >= 0.3 is 0 Å². The maximum atomic E-state index is 7.36. The van der Waals surface area contributed by atoms with Gasteiger partial charge in [0, 0.05) is 3.92 Å². The Kier molecular flexibility index (Phi) is 2.59. The lowest BCUT2D eigenvalue weighted by Crippen LogP contribution is -2.12. The zero-order valence-electron chi connectivity index (χ0n) is 6.19. The first-order valence-electron chi connectivity index (χ1n) is 3.32. The topological polar surface area (TPSA) is 47.7 Å². The summed E-state index contributed by atoms with van der Waals surface area (Å²) < 4.78 is 0.414. The quantitative estimate of drug-likeness (QED) is 0.413. The van der Waals surface area contributed by atoms with E-state index in [0.29, 0.717) is 15.3 Å². The number of hydrogen-bond acceptors (Lipinski definition) is 2. The lowest BCUT2D eigenvalue weighted by atomic mass is 10.0. The van der Waals surface area contributed by atoms with Crippen LogP contribution in [0.3, 0.4) is 0 Å². The molecular formula is C8H9IN2. The van der Waals surface area contributed by atoms with Gasteiger partial charge in [-0.15, -0.1) is 0 Å². The van der Waals surface area contributed by atoms with Crippen molar-refractivity contribution in [3.05, 3.63) is 23.8 Å². The summed E-state index contributed by atoms with van der Waals surface area (Å²) in [6.07, 6.45) is 5.32. The maximum Gasteiger partial charge on any atom is 0.0792 e. The van der Waals surface area contributed by atoms with E-state index < -0.39 is 0 Å². The van der Waals surface area contributed by atoms with Crippen molar-refractivity contribution >= 4 is 34.0 Å². The third-order valence-electron chi connectivity index (χ3n) is 1.50. The molecule has 0 amide bonds. The fraction of sp³-hybridized carbons (Fsp3) is 0.250. The molecule has 0 aromatic carbocycles. The van der Waals surface area contributed by atoms with Gasteiger partial charge < -0.3 is 0 Å². The van der Waals surface area contributed by atoms with Crippen LogP contribution in [0.25, 0.3) is 0 Å². The molecule has 1 aliphatic carbocycles. The predicted octanol–water partition coefficient (Wildman–Crippen LogP) is 2.35. The van der Waals surface area contributed by atoms with Crippen LogP contribution in [0.5, 0.6) is 0 Å². The number of rotatable bonds is 1. The normalized spacial score (nSPS) is 20.0. The van der Waals surface area contributed by atoms with Gasteiger partial charge in [-0.05, 0) is 24.6 Å². The lowest BCUT2D eigenvalue weighted by molar-refractivity contribution is 1.22. The summed E-state index contributed by atoms with van der Waals surface area (Å²) in [6, 6.07) is 0. The van der Waals surface area contributed by atoms with Crippen molar-refractivity contribution in [3.63, 3.8) is 0 Å². The Labute approximate surface area is 79.5 Å². The summed E-state index contributed by atoms with van der Waals surface area (Å²) >= 11 is 2.29. The maximum absolute atomic E-state index is 7.36. The zero-order chi connectivity index (χ0) is 8.43. The minimum absolute atomic E-state index is 0.297. The first-order valence-corrected chi connectivity index (χ1v) is 4.57. The minimum atomic E-state index is 0.297. The third kappa shape index (κ3) is 1.99. The Hall–Kier alpha value is -0.450. The summed E-state index contributed by atoms with van der Waals surface area (Å²) in [5.41, 5.74) is 1.73. The number of halogens is 1. The van der Waals surface area contributed by atoms with Gasteiger partial charge in [-0.25, -0.2) is 0 Å². The molecule has 0 saturated carbocycles. The van der Waals surface area contributed by atoms with E-state index in [1.807, 2.05) is 6.08 Å². The van der Waals surface area contributed by atoms with Gasteiger partial charge in [-0.3, -0.25) is 10.8 Å². The van der Waals surface area contributed by atoms with Crippen molar-refractivity contribution in [2.24, 2.45) is 0 Å². The minimum Gasteiger partial charge on any atom is -0.299 e. The Morgan fingerprint density at radius 3 is 2.36 bits per heavy atom. The summed E-state index contributed by atoms with van der Waals surface area (Å²) in [6.45, 7) is 2.07. The molecule has 0 aromatic rings. The largest absolute Gasteiger partial charge is 0.299 e. The van der Waals surface area contributed by atoms with Crippen LogP contribution in [0.1, 0.15) is 6.92 Å². The number of nitrogens with one attached hydrogen (secondary N) is 2. The van der Waals surface area contributed by atoms with Crippen molar-refractivity contribution in [1.29, 1.82) is 10.8 Å². The molecule has 1 atom stereocenters. The molecule has 58 valence electrons. The molecule has 1 rings (SSSR count). The van der Waals surface area contributed by atoms with Gasteiger partial charge in [0.1, 0.15) is 0 Å². The van der Waals surface area contributed by atoms with Crippen LogP contribution in [0.2, 0.25) is 0 Å². The van der Waals surface area contributed by atoms with Gasteiger partial charge in [0.05, 0.1) is 11.4 Å². The molecule has 0 bridgehead atoms. The highest BCUT2D eigenvalue weighted by Crippen LogP contribution is 2.16. The van der Waals surface area contributed by atoms with E-state index in [9.17, 15) is 0 Å². The molecule has 11 heavy (non-hydrogen) atoms. The standard InChI is InChI=1S/C8H9IN2/c1-5(9)6-2-3-7(10)8(11)4-6/h2-5,10-11H,1H3. The number of alkyl halides is 1. The Morgan fingerprint density at radius 2 is 1.91 bits per heavy atom. The molecule has 0 fully saturated rings. The highest BCUT2D eigenvalue weighted by atomic mass is 127. The SMILES string of the molecule is CC(I)C1=CC(=N)C(=N)C=C1. The fourth-order valence-corrected chi connectivity index (χ4v) is 1.20. The van der Waals surface area contributed by atoms with Crippen LogP contribution in [0.15, 0.2) is 23.8 Å². The van der Waals surface area contributed by atoms with Crippen molar-refractivity contribution in [2.45, 2.75) is 10.8 Å². The molecule has 0 aliphatic heterocycles. The van der Waals surface area contributed by atoms with E-state index in [2.05, 4.69) is 29.5 Å². The van der Waals surface area contributed by atoms with Gasteiger partial charge in [-0.2, -0.15) is 0 Å². The highest BCUT2D eigenvalue weighted by Gasteiger charge is 2.09. The fourth-order valence-electron chi connectivity index (χ4n) is 0.809. The van der Waals surface area contributed by atoms with Crippen LogP contribution >= 0.6 is 22.6 Å². The second-order valence-electron chi connectivity index (χ2n) is 2.42. The molecule has 0 saturated heterocycles. The molecule has 0 aromatic heterocycles. The van der Waals surface area contributed by atoms with Crippen LogP contribution in [0.4, 0.5) is 0 Å². The molecule has 2 N–H and O–H groups in total. The van der Waals surface area contributed by atoms with Gasteiger partial charge in [0.15, 0.2) is 0 Å². The molecule has 3 heteroatoms. The Morgan fingerprint density at radius 1 is 1.27 bits per heavy atom. The van der Waals surface area contributed by atoms with Crippen molar-refractivity contribution in [2.75, 3.05) is 0 Å². The highest BCUT2D eigenvalue weighted by molar-refractivity contribution is 14.1. The molecule has 1 aliphatic rings. The van der Waals surface area contributed by atoms with E-state index in [1.165, 1.54) is 0 Å². The van der Waals surface area contributed by atoms with Crippen LogP contribution in [-0.2, 0) is 0 Å². The first kappa shape index (κ1) is 8.64. The predicted molar refractivity (Wildman–Crippen MR) is 56.2 cm³/mol. The Balaban J connectivity index is 2.89. The number of allylic oxidation sites excluding steroid dienone is 4. The smallest absolute Gasteiger partial charge is 0.0792 e. The van der Waals surface area contributed by atoms with E-state index in [-0.39, 0.29) is 0 Å². The monoisotopic (exact) mass is 260 g/mol. The second kappa shape index (κ2) is 3.30. The van der Waals surface area contributed by atoms with Gasteiger partial charge in [0.2, 0.25) is 0 Å². The summed E-state index contributed by atoms with van der Waals surface area (Å²) in [5, 5.41) is 14.6. The van der Waals surface area contributed by atoms with E-state index in [1.54, 1.807) is 12.2 Å². The lowest BCUT2D eigenvalue weighted by Gasteiger charge is -2.09. The average Bonchev–Trinajstić information content (AvgIpc) is 1.94. The summed E-state index contributed by atoms with van der Waals surface area (Å²) in [4.78, 5) is 0. The molecule has 0 radical (unpaired) electrons. The van der Waals surface area contributed by atoms with Gasteiger partial charge in [-0.1, -0.05) is 28.7 Å². The average molecular weight is 260 g/mol. The molecule has 2 nitrogen and oxygen atoms in total. The van der Waals surface area contributed by atoms with Gasteiger partial charge in [0.25, 0.3) is 0 Å². The van der Waals surface area contributed by atoms with E-state index >= 15 is 0 Å². The summed E-state index contributed by atoms with van der Waals surface area (Å²) in [7, 11) is 0. The molecule has 1 unspecified atom stereocenters. The van der Waals surface area contributed by atoms with Crippen molar-refractivity contribution < 1.29 is 0 Å². The molecular weight excluding hydrogens is 251 g/mol. The molecule has 0 spiro atoms. The summed E-state index contributed by atoms with van der Waals surface area (Å²) in [5.74, 6) is 0. The van der Waals surface area contributed by atoms with Crippen molar-refractivity contribution in [1.82, 2.24) is 0 Å². The number of hydrogen-bond donors (Lipinski definition) is 2. The van der Waals surface area contributed by atoms with E-state index in [4.69, 9.17) is 10.8 Å². The van der Waals surface area contributed by atoms with Crippen LogP contribution in [-0.4, -0.2) is 15.3 Å². The van der Waals surface area contributed by atoms with E-state index in [0.717, 1.165) is 5.57 Å². The van der Waals surface area contributed by atoms with Crippen LogP contribution in [0, 0.1) is 10.8 Å². The second-order valence-corrected chi connectivity index (χ2v) is 4.29. The van der Waals surface area contributed by atoms with Crippen molar-refractivity contribution in [3.8, 4) is 0 Å². The van der Waals surface area contributed by atoms with Crippen LogP contribution < -0.4 is 0 Å². The zero-order valence-corrected chi connectivity index (χ0v) is 8.34. The third-order valence-corrected chi connectivity index (χ3v) is 2.22.